The number of ether oxygens (including phenoxy) is 23. The number of benzene rings is 1. The second-order valence-electron chi connectivity index (χ2n) is 26.3. The standard InChI is InChI=1S/C61H88Cl2O33/c1-20(2)52(71)87-47-43-31(93-61(94-43)51-50(79-19-80-51)60(73,26(8)64)27(9)92-61)18-78-55(47)90-56-46(77-14)37(68)42(30(84-56)17-74-11)88-54-38(69)45(41(75-12)23(5)82-54)89-57-48(70)58(10)49(25(7)83-57)95-59(96-58)16-29(66)40(24(6)91-59)85-32-15-28(65)39(22(4)81-32)86-53(72)33-21(3)34(62)36(67)35(63)44(33)76-13/h20,22-25,27-32,37-43,45-51,54-57,65-70,73H,15-19H2,1-14H3/t22-,23-,24-,25-,27-,28-,29-,30-,31+,32+,37+,38-,39-,40-,41+,42-,43-,45-,46+,47-,48-,49-,50-,51-,54+,55+,56+,57+,58-,59-,60+,61-/m1/s1. The lowest BCUT2D eigenvalue weighted by Crippen LogP contribution is -2.72. The molecule has 96 heavy (non-hydrogen) atoms. The second kappa shape index (κ2) is 28.7. The average molecular weight is 1420 g/mol. The van der Waals surface area contributed by atoms with Gasteiger partial charge in [0.2, 0.25) is 6.29 Å². The van der Waals surface area contributed by atoms with Crippen molar-refractivity contribution in [1.82, 2.24) is 0 Å². The topological polar surface area (TPSA) is 405 Å². The molecular weight excluding hydrogens is 1330 g/mol. The minimum Gasteiger partial charge on any atom is -0.505 e. The van der Waals surface area contributed by atoms with E-state index in [4.69, 9.17) is 132 Å². The number of esters is 2. The Morgan fingerprint density at radius 3 is 1.98 bits per heavy atom. The van der Waals surface area contributed by atoms with E-state index in [1.807, 2.05) is 0 Å². The van der Waals surface area contributed by atoms with E-state index in [0.29, 0.717) is 0 Å². The Morgan fingerprint density at radius 1 is 0.656 bits per heavy atom. The lowest BCUT2D eigenvalue weighted by atomic mass is 9.81. The number of methoxy groups -OCH3 is 4. The van der Waals surface area contributed by atoms with Crippen LogP contribution in [-0.2, 0) is 114 Å². The van der Waals surface area contributed by atoms with Crippen LogP contribution < -0.4 is 4.74 Å². The van der Waals surface area contributed by atoms with E-state index >= 15 is 0 Å². The first-order valence-electron chi connectivity index (χ1n) is 31.8. The number of phenols is 1. The van der Waals surface area contributed by atoms with E-state index in [1.54, 1.807) is 48.5 Å². The molecule has 10 aliphatic heterocycles. The van der Waals surface area contributed by atoms with Crippen LogP contribution in [0.4, 0.5) is 0 Å². The minimum atomic E-state index is -2.14. The fourth-order valence-electron chi connectivity index (χ4n) is 14.5. The molecule has 7 N–H and O–H groups in total. The van der Waals surface area contributed by atoms with E-state index in [0.717, 1.165) is 0 Å². The zero-order valence-corrected chi connectivity index (χ0v) is 56.8. The van der Waals surface area contributed by atoms with Gasteiger partial charge in [0.1, 0.15) is 102 Å². The molecule has 10 saturated heterocycles. The Morgan fingerprint density at radius 2 is 1.33 bits per heavy atom. The van der Waals surface area contributed by atoms with E-state index in [2.05, 4.69) is 0 Å². The number of rotatable bonds is 18. The molecule has 0 aromatic heterocycles. The highest BCUT2D eigenvalue weighted by atomic mass is 35.5. The molecule has 10 aliphatic rings. The number of ketones is 1. The zero-order chi connectivity index (χ0) is 69.7. The molecule has 0 saturated carbocycles. The summed E-state index contributed by atoms with van der Waals surface area (Å²) in [6.45, 7) is 14.4. The van der Waals surface area contributed by atoms with Gasteiger partial charge in [0.15, 0.2) is 66.4 Å². The number of phenolic OH excluding ortho intramolecular Hbond substituents is 1. The number of carbonyl (C=O) groups excluding carboxylic acids is 3. The summed E-state index contributed by atoms with van der Waals surface area (Å²) in [4.78, 5) is 39.8. The van der Waals surface area contributed by atoms with Crippen LogP contribution in [0, 0.1) is 12.8 Å². The molecule has 0 unspecified atom stereocenters. The van der Waals surface area contributed by atoms with E-state index in [-0.39, 0.29) is 59.8 Å². The summed E-state index contributed by atoms with van der Waals surface area (Å²) in [7, 11) is 5.24. The van der Waals surface area contributed by atoms with Crippen LogP contribution in [0.5, 0.6) is 11.5 Å². The molecule has 11 rings (SSSR count). The average Bonchev–Trinajstić information content (AvgIpc) is 1.54. The summed E-state index contributed by atoms with van der Waals surface area (Å²) in [5.41, 5.74) is -3.87. The van der Waals surface area contributed by atoms with Crippen LogP contribution in [0.2, 0.25) is 10.0 Å². The molecule has 1 aromatic carbocycles. The van der Waals surface area contributed by atoms with Gasteiger partial charge < -0.3 is 145 Å². The van der Waals surface area contributed by atoms with Crippen molar-refractivity contribution in [3.8, 4) is 11.5 Å². The molecule has 0 bridgehead atoms. The minimum absolute atomic E-state index is 0.122. The maximum absolute atomic E-state index is 13.6. The summed E-state index contributed by atoms with van der Waals surface area (Å²) in [5.74, 6) is -7.69. The highest BCUT2D eigenvalue weighted by molar-refractivity contribution is 6.39. The van der Waals surface area contributed by atoms with E-state index < -0.39 is 224 Å². The van der Waals surface area contributed by atoms with Gasteiger partial charge in [0.05, 0.1) is 80.4 Å². The molecule has 32 atom stereocenters. The van der Waals surface area contributed by atoms with Gasteiger partial charge in [0.25, 0.3) is 5.97 Å². The number of fused-ring (bicyclic) bond motifs is 4. The number of aliphatic hydroxyl groups excluding tert-OH is 5. The van der Waals surface area contributed by atoms with Crippen LogP contribution in [0.25, 0.3) is 0 Å². The van der Waals surface area contributed by atoms with Crippen molar-refractivity contribution in [3.05, 3.63) is 21.2 Å². The smallest absolute Gasteiger partial charge is 0.342 e. The van der Waals surface area contributed by atoms with Crippen LogP contribution in [0.3, 0.4) is 0 Å². The molecule has 1 aromatic rings. The Kier molecular flexibility index (Phi) is 22.1. The van der Waals surface area contributed by atoms with Crippen molar-refractivity contribution in [2.75, 3.05) is 48.4 Å². The van der Waals surface area contributed by atoms with Crippen LogP contribution in [0.1, 0.15) is 91.1 Å². The second-order valence-corrected chi connectivity index (χ2v) is 27.0. The molecule has 544 valence electrons. The largest absolute Gasteiger partial charge is 0.505 e. The van der Waals surface area contributed by atoms with Crippen molar-refractivity contribution < 1.29 is 159 Å². The van der Waals surface area contributed by atoms with Gasteiger partial charge in [-0.3, -0.25) is 9.59 Å². The van der Waals surface area contributed by atoms with Gasteiger partial charge in [-0.15, -0.1) is 0 Å². The van der Waals surface area contributed by atoms with Gasteiger partial charge in [-0.1, -0.05) is 37.0 Å². The predicted octanol–water partition coefficient (Wildman–Crippen LogP) is 0.0228. The van der Waals surface area contributed by atoms with Gasteiger partial charge >= 0.3 is 17.9 Å². The molecule has 35 heteroatoms. The van der Waals surface area contributed by atoms with Crippen LogP contribution in [0.15, 0.2) is 0 Å². The van der Waals surface area contributed by atoms with Crippen LogP contribution >= 0.6 is 23.2 Å². The van der Waals surface area contributed by atoms with Crippen LogP contribution in [-0.4, -0.2) is 297 Å². The summed E-state index contributed by atoms with van der Waals surface area (Å²) >= 11 is 12.5. The number of hydrogen-bond donors (Lipinski definition) is 7. The van der Waals surface area contributed by atoms with Gasteiger partial charge in [0, 0.05) is 27.8 Å². The van der Waals surface area contributed by atoms with Gasteiger partial charge in [-0.2, -0.15) is 0 Å². The first-order valence-corrected chi connectivity index (χ1v) is 32.6. The Balaban J connectivity index is 0.732. The molecular formula is C61H88Cl2O33. The van der Waals surface area contributed by atoms with E-state index in [1.165, 1.54) is 49.2 Å². The van der Waals surface area contributed by atoms with Gasteiger partial charge in [-0.25, -0.2) is 4.79 Å². The van der Waals surface area contributed by atoms with Crippen molar-refractivity contribution >= 4 is 40.9 Å². The van der Waals surface area contributed by atoms with E-state index in [9.17, 15) is 50.1 Å². The third-order valence-electron chi connectivity index (χ3n) is 19.6. The Hall–Kier alpha value is -3.03. The number of carbonyl (C=O) groups is 3. The monoisotopic (exact) mass is 1420 g/mol. The Bertz CT molecular complexity index is 2930. The maximum atomic E-state index is 13.6. The number of aliphatic hydroxyl groups is 6. The predicted molar refractivity (Wildman–Crippen MR) is 314 cm³/mol. The number of hydrogen-bond acceptors (Lipinski definition) is 33. The fourth-order valence-corrected chi connectivity index (χ4v) is 15.0. The van der Waals surface area contributed by atoms with Crippen molar-refractivity contribution in [1.29, 1.82) is 0 Å². The SMILES string of the molecule is COC[C@H]1O[C@@H](O[C@@H]2OC[C@@H]3O[C@]4(O[C@H]3[C@H]2OC(=O)C(C)C)O[C@H](C)[C@@](O)(C(C)=O)[C@@H]2OCO[C@H]24)[C@@H](OC)[C@@H](O)[C@@H]1O[C@@H]1O[C@H](C)[C@H](OC)[C@H](O[C@@H]2O[C@H](C)[C@H]3O[C@]4(C[C@@H](O)[C@H](O[C@H]5C[C@@H](O)[C@H](OC(=O)c6c(C)c(Cl)c(O)c(Cl)c6OC)[C@@H](C)O5)[C@@H](C)O4)O[C@]3(C)[C@@H]2O)[C@H]1O. The number of halogens is 2. The molecule has 10 fully saturated rings. The Labute approximate surface area is 562 Å². The molecule has 0 amide bonds. The lowest BCUT2D eigenvalue weighted by Gasteiger charge is -2.50. The summed E-state index contributed by atoms with van der Waals surface area (Å²) in [6.07, 6.45) is -36.9. The number of aromatic hydroxyl groups is 1. The van der Waals surface area contributed by atoms with Crippen molar-refractivity contribution in [2.24, 2.45) is 5.92 Å². The lowest BCUT2D eigenvalue weighted by molar-refractivity contribution is -0.428. The van der Waals surface area contributed by atoms with Crippen molar-refractivity contribution in [2.45, 2.75) is 277 Å². The van der Waals surface area contributed by atoms with Gasteiger partial charge in [-0.05, 0) is 61.0 Å². The van der Waals surface area contributed by atoms with Crippen molar-refractivity contribution in [3.63, 3.8) is 0 Å². The third kappa shape index (κ3) is 13.1. The quantitative estimate of drug-likeness (QED) is 0.0953. The highest BCUT2D eigenvalue weighted by Crippen LogP contribution is 2.53. The third-order valence-corrected chi connectivity index (χ3v) is 20.4. The fraction of sp³-hybridized carbons (Fsp3) is 0.852. The first kappa shape index (κ1) is 74.2. The molecule has 2 spiro atoms. The normalized spacial score (nSPS) is 47.7. The summed E-state index contributed by atoms with van der Waals surface area (Å²) in [5, 5.41) is 81.4. The highest BCUT2D eigenvalue weighted by Gasteiger charge is 2.73. The molecule has 0 aliphatic carbocycles. The number of Topliss-reactive ketones (excluding diaryl/α,β-unsaturated/α-hetero) is 1. The summed E-state index contributed by atoms with van der Waals surface area (Å²) in [6, 6.07) is 0. The first-order chi connectivity index (χ1) is 45.3. The maximum Gasteiger partial charge on any atom is 0.342 e. The summed E-state index contributed by atoms with van der Waals surface area (Å²) < 4.78 is 141. The molecule has 10 heterocycles. The molecule has 33 nitrogen and oxygen atoms in total. The zero-order valence-electron chi connectivity index (χ0n) is 55.3. The molecule has 0 radical (unpaired) electrons.